The van der Waals surface area contributed by atoms with Crippen molar-refractivity contribution in [3.8, 4) is 0 Å². The third kappa shape index (κ3) is 3.11. The van der Waals surface area contributed by atoms with E-state index in [1.165, 1.54) is 6.92 Å². The third-order valence-electron chi connectivity index (χ3n) is 5.11. The van der Waals surface area contributed by atoms with Gasteiger partial charge in [-0.25, -0.2) is 0 Å². The second kappa shape index (κ2) is 6.71. The molecule has 23 heavy (non-hydrogen) atoms. The number of amides is 2. The van der Waals surface area contributed by atoms with Crippen LogP contribution in [-0.4, -0.2) is 24.9 Å². The van der Waals surface area contributed by atoms with Crippen LogP contribution in [0.5, 0.6) is 0 Å². The minimum Gasteiger partial charge on any atom is -0.330 e. The number of hydrogen-bond donors (Lipinski definition) is 2. The number of nitrogens with one attached hydrogen (secondary N) is 1. The van der Waals surface area contributed by atoms with E-state index in [1.807, 2.05) is 23.1 Å². The van der Waals surface area contributed by atoms with E-state index in [9.17, 15) is 9.59 Å². The zero-order valence-electron chi connectivity index (χ0n) is 13.7. The maximum Gasteiger partial charge on any atom is 0.230 e. The minimum absolute atomic E-state index is 0.0513. The summed E-state index contributed by atoms with van der Waals surface area (Å²) < 4.78 is 0. The van der Waals surface area contributed by atoms with E-state index in [1.54, 1.807) is 0 Å². The van der Waals surface area contributed by atoms with E-state index in [-0.39, 0.29) is 17.7 Å². The Hall–Kier alpha value is -1.88. The number of nitrogens with zero attached hydrogens (tertiary/aromatic N) is 1. The van der Waals surface area contributed by atoms with Crippen LogP contribution in [0.15, 0.2) is 18.2 Å². The minimum atomic E-state index is -0.0826. The predicted octanol–water partition coefficient (Wildman–Crippen LogP) is 2.30. The van der Waals surface area contributed by atoms with E-state index in [0.29, 0.717) is 12.5 Å². The number of hydrogen-bond acceptors (Lipinski definition) is 3. The van der Waals surface area contributed by atoms with Crippen LogP contribution in [0.1, 0.15) is 38.2 Å². The van der Waals surface area contributed by atoms with Gasteiger partial charge >= 0.3 is 0 Å². The lowest BCUT2D eigenvalue weighted by molar-refractivity contribution is -0.123. The molecule has 0 spiro atoms. The van der Waals surface area contributed by atoms with Gasteiger partial charge in [0.25, 0.3) is 0 Å². The highest BCUT2D eigenvalue weighted by Gasteiger charge is 2.36. The molecule has 1 saturated carbocycles. The van der Waals surface area contributed by atoms with Gasteiger partial charge in [-0.05, 0) is 55.8 Å². The van der Waals surface area contributed by atoms with Crippen LogP contribution >= 0.6 is 0 Å². The van der Waals surface area contributed by atoms with Crippen molar-refractivity contribution in [3.63, 3.8) is 0 Å². The van der Waals surface area contributed by atoms with E-state index >= 15 is 0 Å². The van der Waals surface area contributed by atoms with E-state index < -0.39 is 0 Å². The number of anilines is 2. The van der Waals surface area contributed by atoms with Gasteiger partial charge in [-0.1, -0.05) is 12.5 Å². The highest BCUT2D eigenvalue weighted by molar-refractivity contribution is 5.98. The van der Waals surface area contributed by atoms with Gasteiger partial charge in [0.05, 0.1) is 0 Å². The standard InChI is InChI=1S/C18H25N3O2/c1-12(22)20-16-8-3-9-17-15(16)7-4-10-21(17)18(23)14-6-2-5-13(14)11-19/h3,8-9,13-14H,2,4-7,10-11,19H2,1H3,(H,20,22)/t13-,14-/m1/s1. The van der Waals surface area contributed by atoms with E-state index in [4.69, 9.17) is 5.73 Å². The molecule has 2 aliphatic rings. The Morgan fingerprint density at radius 2 is 2.13 bits per heavy atom. The first-order valence-electron chi connectivity index (χ1n) is 8.52. The molecule has 5 heteroatoms. The largest absolute Gasteiger partial charge is 0.330 e. The fourth-order valence-corrected chi connectivity index (χ4v) is 4.00. The van der Waals surface area contributed by atoms with Gasteiger partial charge in [0.15, 0.2) is 0 Å². The quantitative estimate of drug-likeness (QED) is 0.898. The summed E-state index contributed by atoms with van der Waals surface area (Å²) in [5.74, 6) is 0.487. The SMILES string of the molecule is CC(=O)Nc1cccc2c1CCCN2C(=O)[C@@H]1CCC[C@@H]1CN. The molecule has 1 aromatic carbocycles. The molecule has 1 fully saturated rings. The molecule has 0 radical (unpaired) electrons. The van der Waals surface area contributed by atoms with E-state index in [0.717, 1.165) is 55.6 Å². The van der Waals surface area contributed by atoms with Gasteiger partial charge in [-0.15, -0.1) is 0 Å². The van der Waals surface area contributed by atoms with Gasteiger partial charge in [0.1, 0.15) is 0 Å². The summed E-state index contributed by atoms with van der Waals surface area (Å²) >= 11 is 0. The number of carbonyl (C=O) groups is 2. The molecular weight excluding hydrogens is 290 g/mol. The first-order valence-corrected chi connectivity index (χ1v) is 8.52. The van der Waals surface area contributed by atoms with Crippen molar-refractivity contribution in [3.05, 3.63) is 23.8 Å². The summed E-state index contributed by atoms with van der Waals surface area (Å²) in [5, 5.41) is 2.88. The highest BCUT2D eigenvalue weighted by Crippen LogP contribution is 2.38. The second-order valence-electron chi connectivity index (χ2n) is 6.61. The van der Waals surface area contributed by atoms with Crippen molar-refractivity contribution in [2.45, 2.75) is 39.0 Å². The maximum absolute atomic E-state index is 13.0. The zero-order valence-corrected chi connectivity index (χ0v) is 13.7. The van der Waals surface area contributed by atoms with Crippen LogP contribution in [0, 0.1) is 11.8 Å². The first-order chi connectivity index (χ1) is 11.1. The number of nitrogens with two attached hydrogens (primary N) is 1. The molecular formula is C18H25N3O2. The lowest BCUT2D eigenvalue weighted by atomic mass is 9.92. The molecule has 3 N–H and O–H groups in total. The van der Waals surface area contributed by atoms with Crippen LogP contribution in [0.2, 0.25) is 0 Å². The van der Waals surface area contributed by atoms with Crippen LogP contribution in [-0.2, 0) is 16.0 Å². The molecule has 1 heterocycles. The van der Waals surface area contributed by atoms with Gasteiger partial charge < -0.3 is 16.0 Å². The monoisotopic (exact) mass is 315 g/mol. The van der Waals surface area contributed by atoms with Crippen LogP contribution in [0.25, 0.3) is 0 Å². The fourth-order valence-electron chi connectivity index (χ4n) is 4.00. The average molecular weight is 315 g/mol. The molecule has 3 rings (SSSR count). The van der Waals surface area contributed by atoms with Gasteiger partial charge in [0.2, 0.25) is 11.8 Å². The molecule has 0 aromatic heterocycles. The van der Waals surface area contributed by atoms with Crippen molar-refractivity contribution in [1.29, 1.82) is 0 Å². The van der Waals surface area contributed by atoms with Crippen LogP contribution < -0.4 is 16.0 Å². The number of benzene rings is 1. The highest BCUT2D eigenvalue weighted by atomic mass is 16.2. The third-order valence-corrected chi connectivity index (χ3v) is 5.11. The normalized spacial score (nSPS) is 23.5. The molecule has 2 amide bonds. The smallest absolute Gasteiger partial charge is 0.230 e. The Kier molecular flexibility index (Phi) is 4.66. The van der Waals surface area contributed by atoms with Gasteiger partial charge in [-0.3, -0.25) is 9.59 Å². The maximum atomic E-state index is 13.0. The van der Waals surface area contributed by atoms with Crippen molar-refractivity contribution in [2.24, 2.45) is 17.6 Å². The number of fused-ring (bicyclic) bond motifs is 1. The lowest BCUT2D eigenvalue weighted by Gasteiger charge is -2.33. The van der Waals surface area contributed by atoms with Gasteiger partial charge in [-0.2, -0.15) is 0 Å². The topological polar surface area (TPSA) is 75.4 Å². The van der Waals surface area contributed by atoms with Crippen molar-refractivity contribution in [1.82, 2.24) is 0 Å². The lowest BCUT2D eigenvalue weighted by Crippen LogP contribution is -2.42. The molecule has 0 unspecified atom stereocenters. The van der Waals surface area contributed by atoms with Crippen molar-refractivity contribution < 1.29 is 9.59 Å². The molecule has 124 valence electrons. The van der Waals surface area contributed by atoms with Crippen LogP contribution in [0.4, 0.5) is 11.4 Å². The fraction of sp³-hybridized carbons (Fsp3) is 0.556. The summed E-state index contributed by atoms with van der Waals surface area (Å²) in [5.41, 5.74) is 8.70. The Morgan fingerprint density at radius 3 is 2.87 bits per heavy atom. The van der Waals surface area contributed by atoms with Crippen LogP contribution in [0.3, 0.4) is 0 Å². The summed E-state index contributed by atoms with van der Waals surface area (Å²) in [4.78, 5) is 26.4. The summed E-state index contributed by atoms with van der Waals surface area (Å²) in [6, 6.07) is 5.81. The first kappa shape index (κ1) is 16.0. The molecule has 5 nitrogen and oxygen atoms in total. The van der Waals surface area contributed by atoms with Gasteiger partial charge in [0, 0.05) is 30.8 Å². The average Bonchev–Trinajstić information content (AvgIpc) is 3.02. The van der Waals surface area contributed by atoms with Crippen molar-refractivity contribution >= 4 is 23.2 Å². The molecule has 1 aliphatic carbocycles. The Morgan fingerprint density at radius 1 is 1.30 bits per heavy atom. The zero-order chi connectivity index (χ0) is 16.4. The summed E-state index contributed by atoms with van der Waals surface area (Å²) in [6.07, 6.45) is 4.90. The molecule has 2 atom stereocenters. The molecule has 0 bridgehead atoms. The summed E-state index contributed by atoms with van der Waals surface area (Å²) in [6.45, 7) is 2.85. The molecule has 0 saturated heterocycles. The predicted molar refractivity (Wildman–Crippen MR) is 91.3 cm³/mol. The van der Waals surface area contributed by atoms with Crippen molar-refractivity contribution in [2.75, 3.05) is 23.3 Å². The molecule has 1 aromatic rings. The molecule has 1 aliphatic heterocycles. The van der Waals surface area contributed by atoms with E-state index in [2.05, 4.69) is 5.32 Å². The Bertz CT molecular complexity index is 614. The Balaban J connectivity index is 1.89. The number of carbonyl (C=O) groups excluding carboxylic acids is 2. The number of rotatable bonds is 3. The summed E-state index contributed by atoms with van der Waals surface area (Å²) in [7, 11) is 0. The second-order valence-corrected chi connectivity index (χ2v) is 6.61. The Labute approximate surface area is 137 Å².